The molecule has 1 aliphatic carbocycles. The van der Waals surface area contributed by atoms with Crippen molar-refractivity contribution in [3.63, 3.8) is 0 Å². The number of hydrogen-bond donors (Lipinski definition) is 1. The summed E-state index contributed by atoms with van der Waals surface area (Å²) in [7, 11) is -3.20. The SMILES string of the molecule is CS(=O)(=O)c1ccc(Cc2ncc(C3CCN(C[C@H]4CN([C@H](CC5CC5)C(=O)O)C[C@@H]4c4cccc(F)c4)CC3)s2)cc1. The van der Waals surface area contributed by atoms with E-state index in [0.717, 1.165) is 68.0 Å². The Morgan fingerprint density at radius 1 is 1.09 bits per heavy atom. The zero-order valence-electron chi connectivity index (χ0n) is 24.6. The summed E-state index contributed by atoms with van der Waals surface area (Å²) in [5.74, 6) is 0.386. The summed E-state index contributed by atoms with van der Waals surface area (Å²) < 4.78 is 37.7. The Bertz CT molecular complexity index is 1530. The zero-order valence-corrected chi connectivity index (χ0v) is 26.2. The number of likely N-dealkylation sites (tertiary alicyclic amines) is 2. The number of carboxylic acid groups (broad SMARTS) is 1. The average molecular weight is 626 g/mol. The second kappa shape index (κ2) is 12.8. The van der Waals surface area contributed by atoms with E-state index in [1.54, 1.807) is 35.6 Å². The Morgan fingerprint density at radius 3 is 2.49 bits per heavy atom. The van der Waals surface area contributed by atoms with Crippen LogP contribution in [0.2, 0.25) is 0 Å². The molecule has 0 unspecified atom stereocenters. The van der Waals surface area contributed by atoms with Crippen LogP contribution in [0.15, 0.2) is 59.6 Å². The first-order valence-electron chi connectivity index (χ1n) is 15.3. The molecule has 0 bridgehead atoms. The van der Waals surface area contributed by atoms with Gasteiger partial charge in [0.25, 0.3) is 0 Å². The summed E-state index contributed by atoms with van der Waals surface area (Å²) in [5.41, 5.74) is 2.02. The molecule has 0 spiro atoms. The predicted octanol–water partition coefficient (Wildman–Crippen LogP) is 5.42. The lowest BCUT2D eigenvalue weighted by molar-refractivity contribution is -0.143. The third-order valence-corrected chi connectivity index (χ3v) is 11.8. The van der Waals surface area contributed by atoms with Crippen molar-refractivity contribution in [2.75, 3.05) is 39.0 Å². The second-order valence-corrected chi connectivity index (χ2v) is 15.9. The van der Waals surface area contributed by atoms with E-state index in [-0.39, 0.29) is 17.7 Å². The van der Waals surface area contributed by atoms with Crippen molar-refractivity contribution in [2.45, 2.75) is 61.3 Å². The molecule has 1 N–H and O–H groups in total. The topological polar surface area (TPSA) is 90.8 Å². The lowest BCUT2D eigenvalue weighted by atomic mass is 9.87. The van der Waals surface area contributed by atoms with Gasteiger partial charge in [-0.1, -0.05) is 37.1 Å². The predicted molar refractivity (Wildman–Crippen MR) is 166 cm³/mol. The van der Waals surface area contributed by atoms with Crippen molar-refractivity contribution in [1.82, 2.24) is 14.8 Å². The molecule has 3 heterocycles. The molecule has 2 aliphatic heterocycles. The number of piperidine rings is 1. The second-order valence-electron chi connectivity index (χ2n) is 12.7. The number of nitrogens with zero attached hydrogens (tertiary/aromatic N) is 3. The number of sulfone groups is 1. The number of aromatic nitrogens is 1. The van der Waals surface area contributed by atoms with E-state index in [1.165, 1.54) is 17.2 Å². The van der Waals surface area contributed by atoms with Crippen LogP contribution in [0.3, 0.4) is 0 Å². The molecular formula is C33H40FN3O4S2. The number of hydrogen-bond acceptors (Lipinski definition) is 7. The van der Waals surface area contributed by atoms with Crippen LogP contribution in [0, 0.1) is 17.7 Å². The van der Waals surface area contributed by atoms with Gasteiger partial charge in [-0.15, -0.1) is 11.3 Å². The first-order valence-corrected chi connectivity index (χ1v) is 18.0. The Hall–Kier alpha value is -2.66. The third-order valence-electron chi connectivity index (χ3n) is 9.49. The quantitative estimate of drug-likeness (QED) is 0.304. The van der Waals surface area contributed by atoms with Crippen molar-refractivity contribution in [2.24, 2.45) is 11.8 Å². The highest BCUT2D eigenvalue weighted by Crippen LogP contribution is 2.40. The van der Waals surface area contributed by atoms with Crippen molar-refractivity contribution in [3.8, 4) is 0 Å². The molecule has 3 aliphatic rings. The Balaban J connectivity index is 1.07. The van der Waals surface area contributed by atoms with Gasteiger partial charge in [0, 0.05) is 49.3 Å². The smallest absolute Gasteiger partial charge is 0.320 e. The van der Waals surface area contributed by atoms with Crippen LogP contribution >= 0.6 is 11.3 Å². The van der Waals surface area contributed by atoms with Crippen LogP contribution in [0.25, 0.3) is 0 Å². The normalized spacial score (nSPS) is 23.0. The Labute approximate surface area is 257 Å². The summed E-state index contributed by atoms with van der Waals surface area (Å²) >= 11 is 1.75. The Morgan fingerprint density at radius 2 is 1.84 bits per heavy atom. The van der Waals surface area contributed by atoms with Crippen LogP contribution < -0.4 is 0 Å². The average Bonchev–Trinajstić information content (AvgIpc) is 3.52. The van der Waals surface area contributed by atoms with Crippen LogP contribution in [0.4, 0.5) is 4.39 Å². The highest BCUT2D eigenvalue weighted by molar-refractivity contribution is 7.90. The lowest BCUT2D eigenvalue weighted by Crippen LogP contribution is -2.41. The van der Waals surface area contributed by atoms with E-state index < -0.39 is 21.8 Å². The minimum absolute atomic E-state index is 0.116. The number of aliphatic carboxylic acids is 1. The van der Waals surface area contributed by atoms with Gasteiger partial charge in [-0.2, -0.15) is 0 Å². The molecule has 10 heteroatoms. The summed E-state index contributed by atoms with van der Waals surface area (Å²) in [4.78, 5) is 23.2. The van der Waals surface area contributed by atoms with Gasteiger partial charge >= 0.3 is 5.97 Å². The molecule has 0 amide bonds. The maximum Gasteiger partial charge on any atom is 0.320 e. The Kier molecular flexibility index (Phi) is 9.01. The van der Waals surface area contributed by atoms with Gasteiger partial charge in [-0.05, 0) is 85.5 Å². The number of benzene rings is 2. The van der Waals surface area contributed by atoms with Crippen LogP contribution in [-0.2, 0) is 21.1 Å². The third kappa shape index (κ3) is 7.53. The van der Waals surface area contributed by atoms with Gasteiger partial charge in [0.2, 0.25) is 0 Å². The van der Waals surface area contributed by atoms with E-state index in [0.29, 0.717) is 36.1 Å². The van der Waals surface area contributed by atoms with Crippen LogP contribution in [0.1, 0.15) is 65.0 Å². The summed E-state index contributed by atoms with van der Waals surface area (Å²) in [5, 5.41) is 11.1. The maximum absolute atomic E-state index is 14.2. The van der Waals surface area contributed by atoms with Crippen molar-refractivity contribution >= 4 is 27.1 Å². The largest absolute Gasteiger partial charge is 0.480 e. The molecule has 3 fully saturated rings. The first-order chi connectivity index (χ1) is 20.6. The molecule has 0 radical (unpaired) electrons. The number of rotatable bonds is 11. The number of carboxylic acids is 1. The van der Waals surface area contributed by atoms with Crippen molar-refractivity contribution in [1.29, 1.82) is 0 Å². The van der Waals surface area contributed by atoms with E-state index in [2.05, 4.69) is 14.8 Å². The summed E-state index contributed by atoms with van der Waals surface area (Å²) in [6.45, 7) is 4.23. The van der Waals surface area contributed by atoms with Gasteiger partial charge in [0.1, 0.15) is 11.9 Å². The van der Waals surface area contributed by atoms with Gasteiger partial charge in [0.05, 0.1) is 9.90 Å². The van der Waals surface area contributed by atoms with Gasteiger partial charge < -0.3 is 10.0 Å². The lowest BCUT2D eigenvalue weighted by Gasteiger charge is -2.34. The van der Waals surface area contributed by atoms with E-state index in [1.807, 2.05) is 24.4 Å². The van der Waals surface area contributed by atoms with Gasteiger partial charge in [0.15, 0.2) is 9.84 Å². The maximum atomic E-state index is 14.2. The molecule has 3 aromatic rings. The summed E-state index contributed by atoms with van der Waals surface area (Å²) in [6, 6.07) is 13.4. The van der Waals surface area contributed by atoms with E-state index in [9.17, 15) is 22.7 Å². The number of carbonyl (C=O) groups is 1. The fourth-order valence-electron chi connectivity index (χ4n) is 6.89. The van der Waals surface area contributed by atoms with E-state index in [4.69, 9.17) is 0 Å². The zero-order chi connectivity index (χ0) is 30.1. The van der Waals surface area contributed by atoms with Crippen molar-refractivity contribution in [3.05, 3.63) is 81.6 Å². The highest BCUT2D eigenvalue weighted by Gasteiger charge is 2.42. The molecule has 1 saturated carbocycles. The molecule has 7 nitrogen and oxygen atoms in total. The molecule has 2 aromatic carbocycles. The number of thiazole rings is 1. The van der Waals surface area contributed by atoms with Crippen LogP contribution in [-0.4, -0.2) is 79.3 Å². The molecular weight excluding hydrogens is 586 g/mol. The standard InChI is InChI=1S/C33H40FN3O4S2/c1-43(40,41)28-9-7-23(8-10-28)16-32-35-18-31(42-32)24-11-13-36(14-12-24)19-26-20-37(30(33(38)39)15-22-5-6-22)21-29(26)25-3-2-4-27(34)17-25/h2-4,7-10,17-18,22,24,26,29-30H,5-6,11-16,19-21H2,1H3,(H,38,39)/t26-,29+,30+/m0/s1. The minimum atomic E-state index is -3.20. The van der Waals surface area contributed by atoms with Crippen molar-refractivity contribution < 1.29 is 22.7 Å². The summed E-state index contributed by atoms with van der Waals surface area (Å²) in [6.07, 6.45) is 8.97. The number of halogens is 1. The molecule has 1 aromatic heterocycles. The molecule has 6 rings (SSSR count). The fourth-order valence-corrected chi connectivity index (χ4v) is 8.64. The van der Waals surface area contributed by atoms with E-state index >= 15 is 0 Å². The monoisotopic (exact) mass is 625 g/mol. The highest BCUT2D eigenvalue weighted by atomic mass is 32.2. The van der Waals surface area contributed by atoms with Gasteiger partial charge in [-0.25, -0.2) is 17.8 Å². The minimum Gasteiger partial charge on any atom is -0.480 e. The molecule has 2 saturated heterocycles. The molecule has 3 atom stereocenters. The molecule has 230 valence electrons. The van der Waals surface area contributed by atoms with Crippen LogP contribution in [0.5, 0.6) is 0 Å². The van der Waals surface area contributed by atoms with Gasteiger partial charge in [-0.3, -0.25) is 9.69 Å². The first kappa shape index (κ1) is 30.4. The fraction of sp³-hybridized carbons (Fsp3) is 0.515. The molecule has 43 heavy (non-hydrogen) atoms.